The molecule has 0 saturated heterocycles. The van der Waals surface area contributed by atoms with Crippen LogP contribution >= 0.6 is 0 Å². The summed E-state index contributed by atoms with van der Waals surface area (Å²) in [6.45, 7) is 1.54. The van der Waals surface area contributed by atoms with Crippen molar-refractivity contribution in [1.29, 1.82) is 0 Å². The summed E-state index contributed by atoms with van der Waals surface area (Å²) in [5.74, 6) is -0.463. The van der Waals surface area contributed by atoms with Crippen LogP contribution in [0.1, 0.15) is 6.92 Å². The summed E-state index contributed by atoms with van der Waals surface area (Å²) >= 11 is 0. The van der Waals surface area contributed by atoms with E-state index in [1.54, 1.807) is 6.92 Å². The van der Waals surface area contributed by atoms with Gasteiger partial charge in [0.05, 0.1) is 12.3 Å². The van der Waals surface area contributed by atoms with Crippen LogP contribution in [0.2, 0.25) is 0 Å². The predicted octanol–water partition coefficient (Wildman–Crippen LogP) is -1.68. The van der Waals surface area contributed by atoms with Crippen molar-refractivity contribution >= 4 is 16.0 Å². The molecule has 0 rings (SSSR count). The van der Waals surface area contributed by atoms with Gasteiger partial charge < -0.3 is 11.5 Å². The maximum Gasteiger partial charge on any atom is 0.261 e. The van der Waals surface area contributed by atoms with E-state index in [4.69, 9.17) is 10.3 Å². The lowest BCUT2D eigenvalue weighted by molar-refractivity contribution is -0.118. The average Bonchev–Trinajstić information content (AvgIpc) is 1.59. The third-order valence-corrected chi connectivity index (χ3v) is 0.449. The maximum atomic E-state index is 9.80. The quantitative estimate of drug-likeness (QED) is 0.420. The highest BCUT2D eigenvalue weighted by Crippen LogP contribution is 1.64. The number of carbonyl (C=O) groups is 1. The van der Waals surface area contributed by atoms with Gasteiger partial charge in [-0.05, 0) is 6.92 Å². The molecule has 1 atom stereocenters. The van der Waals surface area contributed by atoms with Crippen molar-refractivity contribution in [2.75, 3.05) is 6.26 Å². The van der Waals surface area contributed by atoms with Crippen LogP contribution in [-0.2, 0) is 14.9 Å². The summed E-state index contributed by atoms with van der Waals surface area (Å²) in [5.41, 5.74) is 9.63. The Hall–Kier alpha value is -0.660. The first-order valence-corrected chi connectivity index (χ1v) is 4.46. The molecular weight excluding hydrogens is 172 g/mol. The number of amides is 1. The fourth-order valence-corrected chi connectivity index (χ4v) is 0. The van der Waals surface area contributed by atoms with E-state index in [0.29, 0.717) is 6.26 Å². The Morgan fingerprint density at radius 3 is 1.64 bits per heavy atom. The molecule has 7 heteroatoms. The van der Waals surface area contributed by atoms with Gasteiger partial charge >= 0.3 is 0 Å². The molecule has 6 nitrogen and oxygen atoms in total. The van der Waals surface area contributed by atoms with Crippen molar-refractivity contribution in [3.8, 4) is 0 Å². The summed E-state index contributed by atoms with van der Waals surface area (Å²) in [6.07, 6.45) is 0.715. The molecule has 0 aliphatic carbocycles. The van der Waals surface area contributed by atoms with Gasteiger partial charge in [-0.15, -0.1) is 0 Å². The van der Waals surface area contributed by atoms with Crippen LogP contribution in [0.5, 0.6) is 0 Å². The molecule has 0 heterocycles. The molecular formula is C4H12N2O4S. The van der Waals surface area contributed by atoms with Crippen LogP contribution in [0.3, 0.4) is 0 Å². The lowest BCUT2D eigenvalue weighted by Crippen LogP contribution is -2.32. The predicted molar refractivity (Wildman–Crippen MR) is 40.3 cm³/mol. The second kappa shape index (κ2) is 5.05. The van der Waals surface area contributed by atoms with Gasteiger partial charge in [-0.2, -0.15) is 8.42 Å². The first-order valence-electron chi connectivity index (χ1n) is 2.62. The fourth-order valence-electron chi connectivity index (χ4n) is 0. The summed E-state index contributed by atoms with van der Waals surface area (Å²) in [4.78, 5) is 9.80. The summed E-state index contributed by atoms with van der Waals surface area (Å²) in [6, 6.07) is -0.509. The highest BCUT2D eigenvalue weighted by molar-refractivity contribution is 7.85. The largest absolute Gasteiger partial charge is 0.368 e. The van der Waals surface area contributed by atoms with Crippen molar-refractivity contribution in [1.82, 2.24) is 0 Å². The zero-order chi connectivity index (χ0) is 9.65. The van der Waals surface area contributed by atoms with E-state index in [-0.39, 0.29) is 0 Å². The summed E-state index contributed by atoms with van der Waals surface area (Å²) in [7, 11) is -3.67. The normalized spacial score (nSPS) is 12.7. The van der Waals surface area contributed by atoms with Crippen molar-refractivity contribution in [3.63, 3.8) is 0 Å². The van der Waals surface area contributed by atoms with Crippen LogP contribution in [0.25, 0.3) is 0 Å². The van der Waals surface area contributed by atoms with Crippen molar-refractivity contribution in [3.05, 3.63) is 0 Å². The van der Waals surface area contributed by atoms with E-state index in [1.165, 1.54) is 0 Å². The number of primary amides is 1. The van der Waals surface area contributed by atoms with Gasteiger partial charge in [-0.25, -0.2) is 0 Å². The lowest BCUT2D eigenvalue weighted by atomic mass is 10.4. The Morgan fingerprint density at radius 1 is 1.55 bits per heavy atom. The summed E-state index contributed by atoms with van der Waals surface area (Å²) in [5, 5.41) is 0. The van der Waals surface area contributed by atoms with Crippen LogP contribution < -0.4 is 11.5 Å². The van der Waals surface area contributed by atoms with Gasteiger partial charge in [-0.3, -0.25) is 9.35 Å². The molecule has 0 aliphatic heterocycles. The van der Waals surface area contributed by atoms with E-state index >= 15 is 0 Å². The van der Waals surface area contributed by atoms with E-state index in [2.05, 4.69) is 5.73 Å². The Balaban J connectivity index is 0. The lowest BCUT2D eigenvalue weighted by Gasteiger charge is -1.91. The molecule has 5 N–H and O–H groups in total. The zero-order valence-corrected chi connectivity index (χ0v) is 7.13. The average molecular weight is 184 g/mol. The molecule has 11 heavy (non-hydrogen) atoms. The van der Waals surface area contributed by atoms with Gasteiger partial charge in [0.2, 0.25) is 5.91 Å². The van der Waals surface area contributed by atoms with Crippen LogP contribution in [-0.4, -0.2) is 31.2 Å². The van der Waals surface area contributed by atoms with Crippen LogP contribution in [0.4, 0.5) is 0 Å². The molecule has 1 amide bonds. The fraction of sp³-hybridized carbons (Fsp3) is 0.750. The first kappa shape index (κ1) is 13.0. The van der Waals surface area contributed by atoms with Gasteiger partial charge in [0.25, 0.3) is 10.1 Å². The van der Waals surface area contributed by atoms with E-state index < -0.39 is 22.1 Å². The molecule has 0 saturated carbocycles. The van der Waals surface area contributed by atoms with Gasteiger partial charge in [-0.1, -0.05) is 0 Å². The number of hydrogen-bond acceptors (Lipinski definition) is 4. The van der Waals surface area contributed by atoms with Crippen molar-refractivity contribution in [2.45, 2.75) is 13.0 Å². The second-order valence-electron chi connectivity index (χ2n) is 1.92. The minimum absolute atomic E-state index is 0.463. The van der Waals surface area contributed by atoms with Crippen LogP contribution in [0, 0.1) is 0 Å². The smallest absolute Gasteiger partial charge is 0.261 e. The van der Waals surface area contributed by atoms with E-state index in [0.717, 1.165) is 0 Å². The molecule has 0 aromatic carbocycles. The SMILES string of the molecule is CC(N)C(N)=O.CS(=O)(=O)O. The maximum absolute atomic E-state index is 9.80. The van der Waals surface area contributed by atoms with Gasteiger partial charge in [0, 0.05) is 0 Å². The molecule has 0 aromatic heterocycles. The minimum atomic E-state index is -3.67. The highest BCUT2D eigenvalue weighted by Gasteiger charge is 1.96. The Bertz CT molecular complexity index is 200. The van der Waals surface area contributed by atoms with Gasteiger partial charge in [0.1, 0.15) is 0 Å². The minimum Gasteiger partial charge on any atom is -0.368 e. The molecule has 0 aliphatic rings. The first-order chi connectivity index (χ1) is 4.64. The Kier molecular flexibility index (Phi) is 5.96. The number of carbonyl (C=O) groups excluding carboxylic acids is 1. The standard InChI is InChI=1S/C3H8N2O.CH4O3S/c1-2(4)3(5)6;1-5(2,3)4/h2H,4H2,1H3,(H2,5,6);1H3,(H,2,3,4). The van der Waals surface area contributed by atoms with E-state index in [1.807, 2.05) is 0 Å². The second-order valence-corrected chi connectivity index (χ2v) is 3.39. The van der Waals surface area contributed by atoms with E-state index in [9.17, 15) is 13.2 Å². The highest BCUT2D eigenvalue weighted by atomic mass is 32.2. The van der Waals surface area contributed by atoms with Crippen LogP contribution in [0.15, 0.2) is 0 Å². The van der Waals surface area contributed by atoms with Gasteiger partial charge in [0.15, 0.2) is 0 Å². The van der Waals surface area contributed by atoms with Crippen molar-refractivity contribution in [2.24, 2.45) is 11.5 Å². The molecule has 68 valence electrons. The number of rotatable bonds is 1. The molecule has 0 bridgehead atoms. The monoisotopic (exact) mass is 184 g/mol. The molecule has 0 spiro atoms. The molecule has 0 fully saturated rings. The molecule has 0 aromatic rings. The molecule has 0 radical (unpaired) electrons. The molecule has 1 unspecified atom stereocenters. The third kappa shape index (κ3) is 45.1. The zero-order valence-electron chi connectivity index (χ0n) is 6.31. The number of nitrogens with two attached hydrogens (primary N) is 2. The third-order valence-electron chi connectivity index (χ3n) is 0.449. The topological polar surface area (TPSA) is 123 Å². The Labute approximate surface area is 65.3 Å². The Morgan fingerprint density at radius 2 is 1.64 bits per heavy atom. The summed E-state index contributed by atoms with van der Waals surface area (Å²) < 4.78 is 25.9. The van der Waals surface area contributed by atoms with Crippen molar-refractivity contribution < 1.29 is 17.8 Å². The number of hydrogen-bond donors (Lipinski definition) is 3.